The molecule has 94 valence electrons. The van der Waals surface area contributed by atoms with Crippen LogP contribution >= 0.6 is 0 Å². The first kappa shape index (κ1) is 13.7. The lowest BCUT2D eigenvalue weighted by molar-refractivity contribution is -0.119. The summed E-state index contributed by atoms with van der Waals surface area (Å²) in [6.07, 6.45) is 1.10. The van der Waals surface area contributed by atoms with Crippen LogP contribution in [0.15, 0.2) is 24.3 Å². The third-order valence-corrected chi connectivity index (χ3v) is 2.71. The predicted molar refractivity (Wildman–Crippen MR) is 70.5 cm³/mol. The molecular formula is C14H22N2O. The Morgan fingerprint density at radius 3 is 2.18 bits per heavy atom. The molecule has 1 amide bonds. The quantitative estimate of drug-likeness (QED) is 0.789. The van der Waals surface area contributed by atoms with Crippen LogP contribution in [0, 0.1) is 5.92 Å². The minimum absolute atomic E-state index is 0.287. The summed E-state index contributed by atoms with van der Waals surface area (Å²) in [6.45, 7) is 6.87. The van der Waals surface area contributed by atoms with Crippen LogP contribution < -0.4 is 11.1 Å². The molecule has 1 rings (SSSR count). The highest BCUT2D eigenvalue weighted by molar-refractivity contribution is 5.79. The Balaban J connectivity index is 2.48. The maximum Gasteiger partial charge on any atom is 0.234 e. The zero-order valence-corrected chi connectivity index (χ0v) is 10.9. The number of hydrogen-bond acceptors (Lipinski definition) is 2. The van der Waals surface area contributed by atoms with Gasteiger partial charge in [-0.05, 0) is 30.4 Å². The fraction of sp³-hybridized carbons (Fsp3) is 0.500. The Morgan fingerprint density at radius 1 is 1.18 bits per heavy atom. The molecule has 0 aliphatic rings. The molecule has 1 aromatic rings. The van der Waals surface area contributed by atoms with Crippen molar-refractivity contribution in [3.63, 3.8) is 0 Å². The van der Waals surface area contributed by atoms with Crippen LogP contribution in [0.1, 0.15) is 31.9 Å². The second kappa shape index (κ2) is 6.40. The van der Waals surface area contributed by atoms with Crippen LogP contribution in [0.25, 0.3) is 0 Å². The van der Waals surface area contributed by atoms with Crippen molar-refractivity contribution in [1.82, 2.24) is 5.32 Å². The van der Waals surface area contributed by atoms with Gasteiger partial charge in [0, 0.05) is 6.54 Å². The standard InChI is InChI=1S/C14H22N2O/c1-10(2)8-12-4-6-13(7-5-12)9-16-11(3)14(15)17/h4-7,10-11,16H,8-9H2,1-3H3,(H2,15,17). The van der Waals surface area contributed by atoms with Gasteiger partial charge in [-0.1, -0.05) is 38.1 Å². The summed E-state index contributed by atoms with van der Waals surface area (Å²) in [5.74, 6) is 0.357. The third kappa shape index (κ3) is 5.00. The van der Waals surface area contributed by atoms with Gasteiger partial charge in [-0.3, -0.25) is 4.79 Å². The number of nitrogens with two attached hydrogens (primary N) is 1. The topological polar surface area (TPSA) is 55.1 Å². The first-order valence-electron chi connectivity index (χ1n) is 6.09. The first-order valence-corrected chi connectivity index (χ1v) is 6.09. The summed E-state index contributed by atoms with van der Waals surface area (Å²) in [7, 11) is 0. The number of hydrogen-bond donors (Lipinski definition) is 2. The van der Waals surface area contributed by atoms with Crippen LogP contribution in [0.5, 0.6) is 0 Å². The molecule has 0 aliphatic heterocycles. The van der Waals surface area contributed by atoms with E-state index in [1.54, 1.807) is 6.92 Å². The van der Waals surface area contributed by atoms with E-state index in [1.165, 1.54) is 11.1 Å². The molecule has 1 aromatic carbocycles. The van der Waals surface area contributed by atoms with Gasteiger partial charge in [0.25, 0.3) is 0 Å². The maximum absolute atomic E-state index is 10.9. The van der Waals surface area contributed by atoms with Crippen molar-refractivity contribution in [1.29, 1.82) is 0 Å². The van der Waals surface area contributed by atoms with E-state index in [0.29, 0.717) is 12.5 Å². The number of amides is 1. The summed E-state index contributed by atoms with van der Waals surface area (Å²) in [6, 6.07) is 8.19. The average molecular weight is 234 g/mol. The summed E-state index contributed by atoms with van der Waals surface area (Å²) < 4.78 is 0. The Morgan fingerprint density at radius 2 is 1.71 bits per heavy atom. The zero-order valence-electron chi connectivity index (χ0n) is 10.9. The molecule has 0 saturated carbocycles. The molecule has 1 atom stereocenters. The Bertz CT molecular complexity index is 357. The Kier molecular flexibility index (Phi) is 5.16. The zero-order chi connectivity index (χ0) is 12.8. The molecule has 17 heavy (non-hydrogen) atoms. The molecule has 0 aliphatic carbocycles. The lowest BCUT2D eigenvalue weighted by Gasteiger charge is -2.10. The Labute approximate surface area is 103 Å². The van der Waals surface area contributed by atoms with Crippen LogP contribution in [0.3, 0.4) is 0 Å². The monoisotopic (exact) mass is 234 g/mol. The van der Waals surface area contributed by atoms with E-state index >= 15 is 0 Å². The number of rotatable bonds is 6. The van der Waals surface area contributed by atoms with Gasteiger partial charge in [-0.2, -0.15) is 0 Å². The number of primary amides is 1. The average Bonchev–Trinajstić information content (AvgIpc) is 2.26. The van der Waals surface area contributed by atoms with Crippen LogP contribution in [-0.2, 0) is 17.8 Å². The Hall–Kier alpha value is -1.35. The van der Waals surface area contributed by atoms with Crippen LogP contribution in [0.2, 0.25) is 0 Å². The number of carbonyl (C=O) groups is 1. The van der Waals surface area contributed by atoms with E-state index in [9.17, 15) is 4.79 Å². The maximum atomic E-state index is 10.9. The van der Waals surface area contributed by atoms with Crippen molar-refractivity contribution in [2.24, 2.45) is 11.7 Å². The predicted octanol–water partition coefficient (Wildman–Crippen LogP) is 1.85. The van der Waals surface area contributed by atoms with Crippen molar-refractivity contribution in [2.75, 3.05) is 0 Å². The van der Waals surface area contributed by atoms with Crippen molar-refractivity contribution in [3.8, 4) is 0 Å². The van der Waals surface area contributed by atoms with Crippen molar-refractivity contribution in [2.45, 2.75) is 39.8 Å². The van der Waals surface area contributed by atoms with Gasteiger partial charge in [0.1, 0.15) is 0 Å². The minimum Gasteiger partial charge on any atom is -0.368 e. The molecule has 1 unspecified atom stereocenters. The molecule has 3 N–H and O–H groups in total. The smallest absolute Gasteiger partial charge is 0.234 e. The van der Waals surface area contributed by atoms with Gasteiger partial charge >= 0.3 is 0 Å². The summed E-state index contributed by atoms with van der Waals surface area (Å²) in [5, 5.41) is 3.08. The molecular weight excluding hydrogens is 212 g/mol. The van der Waals surface area contributed by atoms with Crippen molar-refractivity contribution < 1.29 is 4.79 Å². The van der Waals surface area contributed by atoms with E-state index in [4.69, 9.17) is 5.73 Å². The van der Waals surface area contributed by atoms with E-state index in [-0.39, 0.29) is 11.9 Å². The SMILES string of the molecule is CC(C)Cc1ccc(CNC(C)C(N)=O)cc1. The van der Waals surface area contributed by atoms with Gasteiger partial charge in [0.15, 0.2) is 0 Å². The highest BCUT2D eigenvalue weighted by Crippen LogP contribution is 2.09. The normalized spacial score (nSPS) is 12.7. The number of benzene rings is 1. The number of nitrogens with one attached hydrogen (secondary N) is 1. The van der Waals surface area contributed by atoms with Gasteiger partial charge < -0.3 is 11.1 Å². The van der Waals surface area contributed by atoms with Crippen molar-refractivity contribution >= 4 is 5.91 Å². The molecule has 0 saturated heterocycles. The van der Waals surface area contributed by atoms with Crippen LogP contribution in [-0.4, -0.2) is 11.9 Å². The van der Waals surface area contributed by atoms with Gasteiger partial charge in [0.05, 0.1) is 6.04 Å². The first-order chi connectivity index (χ1) is 7.99. The van der Waals surface area contributed by atoms with E-state index in [1.807, 2.05) is 0 Å². The third-order valence-electron chi connectivity index (χ3n) is 2.71. The summed E-state index contributed by atoms with van der Waals surface area (Å²) in [5.41, 5.74) is 7.70. The van der Waals surface area contributed by atoms with E-state index in [2.05, 4.69) is 43.4 Å². The van der Waals surface area contributed by atoms with Crippen molar-refractivity contribution in [3.05, 3.63) is 35.4 Å². The second-order valence-corrected chi connectivity index (χ2v) is 4.92. The number of carbonyl (C=O) groups excluding carboxylic acids is 1. The lowest BCUT2D eigenvalue weighted by Crippen LogP contribution is -2.38. The fourth-order valence-corrected chi connectivity index (χ4v) is 1.64. The lowest BCUT2D eigenvalue weighted by atomic mass is 10.0. The molecule has 0 bridgehead atoms. The molecule has 0 fully saturated rings. The minimum atomic E-state index is -0.318. The van der Waals surface area contributed by atoms with Gasteiger partial charge in [-0.25, -0.2) is 0 Å². The molecule has 0 aromatic heterocycles. The summed E-state index contributed by atoms with van der Waals surface area (Å²) in [4.78, 5) is 10.9. The largest absolute Gasteiger partial charge is 0.368 e. The van der Waals surface area contributed by atoms with E-state index < -0.39 is 0 Å². The molecule has 0 radical (unpaired) electrons. The molecule has 0 heterocycles. The van der Waals surface area contributed by atoms with E-state index in [0.717, 1.165) is 6.42 Å². The molecule has 3 nitrogen and oxygen atoms in total. The molecule has 0 spiro atoms. The highest BCUT2D eigenvalue weighted by atomic mass is 16.1. The second-order valence-electron chi connectivity index (χ2n) is 4.92. The highest BCUT2D eigenvalue weighted by Gasteiger charge is 2.06. The summed E-state index contributed by atoms with van der Waals surface area (Å²) >= 11 is 0. The van der Waals surface area contributed by atoms with Crippen LogP contribution in [0.4, 0.5) is 0 Å². The molecule has 3 heteroatoms. The van der Waals surface area contributed by atoms with Gasteiger partial charge in [0.2, 0.25) is 5.91 Å². The fourth-order valence-electron chi connectivity index (χ4n) is 1.64. The van der Waals surface area contributed by atoms with Gasteiger partial charge in [-0.15, -0.1) is 0 Å².